The summed E-state index contributed by atoms with van der Waals surface area (Å²) in [6.07, 6.45) is 0.338. The molecule has 22 heavy (non-hydrogen) atoms. The molecule has 0 radical (unpaired) electrons. The van der Waals surface area contributed by atoms with Crippen molar-refractivity contribution in [2.24, 2.45) is 5.92 Å². The van der Waals surface area contributed by atoms with Gasteiger partial charge in [-0.1, -0.05) is 19.9 Å². The molecule has 0 heterocycles. The zero-order valence-corrected chi connectivity index (χ0v) is 12.3. The number of urea groups is 1. The van der Waals surface area contributed by atoms with Crippen molar-refractivity contribution in [3.05, 3.63) is 35.4 Å². The Balaban J connectivity index is 2.56. The van der Waals surface area contributed by atoms with E-state index in [0.29, 0.717) is 12.0 Å². The third-order valence-corrected chi connectivity index (χ3v) is 2.88. The van der Waals surface area contributed by atoms with Gasteiger partial charge in [0, 0.05) is 6.54 Å². The van der Waals surface area contributed by atoms with Crippen LogP contribution in [0.3, 0.4) is 0 Å². The fourth-order valence-corrected chi connectivity index (χ4v) is 1.82. The van der Waals surface area contributed by atoms with E-state index in [0.717, 1.165) is 12.1 Å². The van der Waals surface area contributed by atoms with Crippen LogP contribution in [-0.2, 0) is 11.3 Å². The van der Waals surface area contributed by atoms with Crippen LogP contribution < -0.4 is 16.1 Å². The number of hydrogen-bond acceptors (Lipinski definition) is 3. The molecular weight excluding hydrogens is 296 g/mol. The monoisotopic (exact) mass is 315 g/mol. The first kappa shape index (κ1) is 17.8. The third kappa shape index (κ3) is 5.65. The van der Waals surface area contributed by atoms with Crippen LogP contribution in [0.5, 0.6) is 0 Å². The molecule has 122 valence electrons. The van der Waals surface area contributed by atoms with Crippen LogP contribution in [0.2, 0.25) is 0 Å². The second kappa shape index (κ2) is 8.28. The molecule has 0 fully saturated rings. The van der Waals surface area contributed by atoms with Gasteiger partial charge in [0.1, 0.15) is 6.04 Å². The lowest BCUT2D eigenvalue weighted by molar-refractivity contribution is -0.131. The second-order valence-corrected chi connectivity index (χ2v) is 5.23. The van der Waals surface area contributed by atoms with Crippen LogP contribution in [0.4, 0.5) is 13.6 Å². The molecule has 0 aliphatic heterocycles. The quantitative estimate of drug-likeness (QED) is 0.475. The van der Waals surface area contributed by atoms with Gasteiger partial charge < -0.3 is 10.6 Å². The Bertz CT molecular complexity index is 538. The standard InChI is InChI=1S/C14H19F2N3O3/c1-8(2)5-12(13(20)19-22)18-14(21)17-7-9-3-4-10(15)11(16)6-9/h3-4,6,8,12,22H,5,7H2,1-2H3,(H,19,20)(H2,17,18,21)/t12-/m0/s1. The van der Waals surface area contributed by atoms with Crippen molar-refractivity contribution < 1.29 is 23.6 Å². The van der Waals surface area contributed by atoms with E-state index >= 15 is 0 Å². The number of halogens is 2. The lowest BCUT2D eigenvalue weighted by Gasteiger charge is -2.18. The Morgan fingerprint density at radius 1 is 1.23 bits per heavy atom. The van der Waals surface area contributed by atoms with Crippen molar-refractivity contribution in [2.75, 3.05) is 0 Å². The van der Waals surface area contributed by atoms with Crippen LogP contribution in [-0.4, -0.2) is 23.2 Å². The molecule has 0 bridgehead atoms. The molecular formula is C14H19F2N3O3. The minimum absolute atomic E-state index is 0.0296. The molecule has 1 aromatic carbocycles. The SMILES string of the molecule is CC(C)C[C@H](NC(=O)NCc1ccc(F)c(F)c1)C(=O)NO. The Morgan fingerprint density at radius 2 is 1.91 bits per heavy atom. The molecule has 0 unspecified atom stereocenters. The predicted molar refractivity (Wildman–Crippen MR) is 74.9 cm³/mol. The summed E-state index contributed by atoms with van der Waals surface area (Å²) in [5.41, 5.74) is 1.87. The first-order valence-electron chi connectivity index (χ1n) is 6.75. The number of carbonyl (C=O) groups excluding carboxylic acids is 2. The number of amides is 3. The molecule has 0 spiro atoms. The highest BCUT2D eigenvalue weighted by Crippen LogP contribution is 2.08. The van der Waals surface area contributed by atoms with E-state index < -0.39 is 29.6 Å². The molecule has 0 aliphatic carbocycles. The molecule has 6 nitrogen and oxygen atoms in total. The number of hydrogen-bond donors (Lipinski definition) is 4. The molecule has 0 saturated heterocycles. The van der Waals surface area contributed by atoms with E-state index in [1.165, 1.54) is 11.5 Å². The lowest BCUT2D eigenvalue weighted by atomic mass is 10.0. The third-order valence-electron chi connectivity index (χ3n) is 2.88. The summed E-state index contributed by atoms with van der Waals surface area (Å²) in [4.78, 5) is 23.2. The number of benzene rings is 1. The maximum Gasteiger partial charge on any atom is 0.315 e. The molecule has 1 rings (SSSR count). The minimum atomic E-state index is -1.00. The van der Waals surface area contributed by atoms with E-state index in [2.05, 4.69) is 10.6 Å². The maximum absolute atomic E-state index is 13.0. The number of carbonyl (C=O) groups is 2. The van der Waals surface area contributed by atoms with Crippen molar-refractivity contribution in [1.82, 2.24) is 16.1 Å². The normalized spacial score (nSPS) is 11.9. The van der Waals surface area contributed by atoms with E-state index in [1.807, 2.05) is 13.8 Å². The number of nitrogens with one attached hydrogen (secondary N) is 3. The Kier molecular flexibility index (Phi) is 6.71. The minimum Gasteiger partial charge on any atom is -0.334 e. The van der Waals surface area contributed by atoms with Gasteiger partial charge in [0.05, 0.1) is 0 Å². The summed E-state index contributed by atoms with van der Waals surface area (Å²) in [7, 11) is 0. The van der Waals surface area contributed by atoms with Gasteiger partial charge in [-0.15, -0.1) is 0 Å². The summed E-state index contributed by atoms with van der Waals surface area (Å²) in [6, 6.07) is 1.73. The summed E-state index contributed by atoms with van der Waals surface area (Å²) in [6.45, 7) is 3.69. The van der Waals surface area contributed by atoms with E-state index in [9.17, 15) is 18.4 Å². The lowest BCUT2D eigenvalue weighted by Crippen LogP contribution is -2.49. The zero-order valence-electron chi connectivity index (χ0n) is 12.3. The Labute approximate surface area is 126 Å². The highest BCUT2D eigenvalue weighted by molar-refractivity contribution is 5.86. The van der Waals surface area contributed by atoms with E-state index in [-0.39, 0.29) is 12.5 Å². The second-order valence-electron chi connectivity index (χ2n) is 5.23. The van der Waals surface area contributed by atoms with Crippen LogP contribution >= 0.6 is 0 Å². The predicted octanol–water partition coefficient (Wildman–Crippen LogP) is 1.68. The molecule has 4 N–H and O–H groups in total. The van der Waals surface area contributed by atoms with Gasteiger partial charge in [0.15, 0.2) is 11.6 Å². The fraction of sp³-hybridized carbons (Fsp3) is 0.429. The van der Waals surface area contributed by atoms with Crippen LogP contribution in [0, 0.1) is 17.6 Å². The van der Waals surface area contributed by atoms with E-state index in [4.69, 9.17) is 5.21 Å². The van der Waals surface area contributed by atoms with E-state index in [1.54, 1.807) is 0 Å². The van der Waals surface area contributed by atoms with Gasteiger partial charge in [-0.3, -0.25) is 10.0 Å². The van der Waals surface area contributed by atoms with Crippen LogP contribution in [0.15, 0.2) is 18.2 Å². The number of hydroxylamine groups is 1. The molecule has 0 aliphatic rings. The highest BCUT2D eigenvalue weighted by Gasteiger charge is 2.21. The fourth-order valence-electron chi connectivity index (χ4n) is 1.82. The van der Waals surface area contributed by atoms with Gasteiger partial charge >= 0.3 is 6.03 Å². The van der Waals surface area contributed by atoms with Gasteiger partial charge in [-0.05, 0) is 30.0 Å². The summed E-state index contributed by atoms with van der Waals surface area (Å²) >= 11 is 0. The largest absolute Gasteiger partial charge is 0.334 e. The van der Waals surface area contributed by atoms with Crippen molar-refractivity contribution in [3.63, 3.8) is 0 Å². The molecule has 8 heteroatoms. The van der Waals surface area contributed by atoms with Crippen molar-refractivity contribution in [2.45, 2.75) is 32.9 Å². The molecule has 3 amide bonds. The molecule has 0 aromatic heterocycles. The summed E-state index contributed by atoms with van der Waals surface area (Å²) in [5, 5.41) is 13.5. The van der Waals surface area contributed by atoms with Gasteiger partial charge in [-0.2, -0.15) is 0 Å². The zero-order chi connectivity index (χ0) is 16.7. The smallest absolute Gasteiger partial charge is 0.315 e. The first-order valence-corrected chi connectivity index (χ1v) is 6.75. The first-order chi connectivity index (χ1) is 10.3. The van der Waals surface area contributed by atoms with Gasteiger partial charge in [0.2, 0.25) is 0 Å². The number of rotatable bonds is 6. The van der Waals surface area contributed by atoms with Gasteiger partial charge in [-0.25, -0.2) is 19.1 Å². The Morgan fingerprint density at radius 3 is 2.45 bits per heavy atom. The molecule has 1 atom stereocenters. The average molecular weight is 315 g/mol. The highest BCUT2D eigenvalue weighted by atomic mass is 19.2. The van der Waals surface area contributed by atoms with Crippen molar-refractivity contribution in [1.29, 1.82) is 0 Å². The van der Waals surface area contributed by atoms with Crippen LogP contribution in [0.1, 0.15) is 25.8 Å². The van der Waals surface area contributed by atoms with Gasteiger partial charge in [0.25, 0.3) is 5.91 Å². The molecule has 0 saturated carbocycles. The van der Waals surface area contributed by atoms with Crippen molar-refractivity contribution >= 4 is 11.9 Å². The maximum atomic E-state index is 13.0. The topological polar surface area (TPSA) is 90.5 Å². The summed E-state index contributed by atoms with van der Waals surface area (Å²) < 4.78 is 25.8. The molecule has 1 aromatic rings. The Hall–Kier alpha value is -2.22. The summed E-state index contributed by atoms with van der Waals surface area (Å²) in [5.74, 6) is -2.58. The van der Waals surface area contributed by atoms with Crippen molar-refractivity contribution in [3.8, 4) is 0 Å². The average Bonchev–Trinajstić information content (AvgIpc) is 2.46. The van der Waals surface area contributed by atoms with Crippen LogP contribution in [0.25, 0.3) is 0 Å².